The number of nitrogens with zero attached hydrogens (tertiary/aromatic N) is 2. The van der Waals surface area contributed by atoms with Gasteiger partial charge in [0.15, 0.2) is 25.2 Å². The van der Waals surface area contributed by atoms with E-state index in [1.54, 1.807) is 21.9 Å². The van der Waals surface area contributed by atoms with Crippen molar-refractivity contribution >= 4 is 33.6 Å². The summed E-state index contributed by atoms with van der Waals surface area (Å²) in [6.07, 6.45) is -30.5. The van der Waals surface area contributed by atoms with Gasteiger partial charge in [0.25, 0.3) is 0 Å². The first kappa shape index (κ1) is 72.1. The van der Waals surface area contributed by atoms with Crippen LogP contribution in [0, 0.1) is 11.6 Å². The molecule has 6 aliphatic rings. The molecule has 0 unspecified atom stereocenters. The number of carbonyl (C=O) groups is 2. The Kier molecular flexibility index (Phi) is 24.5. The SMILES string of the molecule is O=C(CCCCCO[C@@H]1O[C@H](CO)[C@@H](O[C@@H]2O[C@H](CO)[C@H](O)[C@H](O)[C@H]2O)[C@H](O)[C@H]1O)N1C[C@@H](O)C[C@H]1Cc1c(-c2[nH]c3cc(F)ccc3c2C[C@@H]2C[C@H](O)CN2C(=O)CCCCCO[C@@H]2O[C@H](CO)[C@@H](O[C@@H]3O[C@H](CO)[C@H](O)[C@H](O)[C@H]3O)[C@H](O)[C@H]2O)[nH]c2cc(F)ccc12. The van der Waals surface area contributed by atoms with Crippen molar-refractivity contribution in [3.05, 3.63) is 59.2 Å². The second-order valence-electron chi connectivity index (χ2n) is 25.3. The van der Waals surface area contributed by atoms with Gasteiger partial charge >= 0.3 is 0 Å². The molecule has 4 aromatic rings. The van der Waals surface area contributed by atoms with Crippen molar-refractivity contribution in [1.82, 2.24) is 19.8 Å². The van der Waals surface area contributed by atoms with Gasteiger partial charge < -0.3 is 139 Å². The quantitative estimate of drug-likeness (QED) is 0.0253. The minimum atomic E-state index is -1.83. The molecule has 2 aromatic heterocycles. The Hall–Kier alpha value is -4.64. The van der Waals surface area contributed by atoms with Crippen LogP contribution in [0.5, 0.6) is 0 Å². The first-order chi connectivity index (χ1) is 45.0. The molecule has 0 radical (unpaired) electrons. The van der Waals surface area contributed by atoms with E-state index in [4.69, 9.17) is 37.9 Å². The molecule has 0 aliphatic carbocycles. The van der Waals surface area contributed by atoms with Gasteiger partial charge in [-0.1, -0.05) is 12.8 Å². The predicted molar refractivity (Wildman–Crippen MR) is 317 cm³/mol. The van der Waals surface area contributed by atoms with Crippen molar-refractivity contribution in [2.45, 2.75) is 224 Å². The van der Waals surface area contributed by atoms with E-state index in [1.807, 2.05) is 0 Å². The Bertz CT molecular complexity index is 2920. The fourth-order valence-corrected chi connectivity index (χ4v) is 13.7. The summed E-state index contributed by atoms with van der Waals surface area (Å²) in [5.74, 6) is -1.54. The number of benzene rings is 2. The second kappa shape index (κ2) is 31.9. The number of halogens is 2. The van der Waals surface area contributed by atoms with Crippen LogP contribution >= 0.6 is 0 Å². The maximum Gasteiger partial charge on any atom is 0.222 e. The molecular weight excluding hydrogens is 1250 g/mol. The highest BCUT2D eigenvalue weighted by molar-refractivity contribution is 5.96. The van der Waals surface area contributed by atoms with E-state index in [0.29, 0.717) is 82.8 Å². The third-order valence-electron chi connectivity index (χ3n) is 18.8. The summed E-state index contributed by atoms with van der Waals surface area (Å²) in [5.41, 5.74) is 3.22. The van der Waals surface area contributed by atoms with Crippen molar-refractivity contribution in [2.24, 2.45) is 0 Å². The minimum Gasteiger partial charge on any atom is -0.394 e. The number of ether oxygens (including phenoxy) is 8. The Morgan fingerprint density at radius 2 is 0.819 bits per heavy atom. The van der Waals surface area contributed by atoms with E-state index < -0.39 is 185 Å². The molecule has 30 nitrogen and oxygen atoms in total. The number of amides is 2. The van der Waals surface area contributed by atoms with Crippen LogP contribution in [0.25, 0.3) is 33.2 Å². The predicted octanol–water partition coefficient (Wildman–Crippen LogP) is -3.99. The van der Waals surface area contributed by atoms with Crippen LogP contribution in [-0.2, 0) is 60.3 Å². The maximum absolute atomic E-state index is 15.0. The number of aliphatic hydroxyl groups is 16. The van der Waals surface area contributed by atoms with E-state index in [-0.39, 0.29) is 76.6 Å². The van der Waals surface area contributed by atoms with Crippen molar-refractivity contribution < 1.29 is 138 Å². The third kappa shape index (κ3) is 15.8. The zero-order valence-corrected chi connectivity index (χ0v) is 51.4. The average molecular weight is 1340 g/mol. The molecule has 0 bridgehead atoms. The summed E-state index contributed by atoms with van der Waals surface area (Å²) in [6, 6.07) is 7.46. The number of aromatic amines is 2. The first-order valence-corrected chi connectivity index (χ1v) is 32.0. The van der Waals surface area contributed by atoms with Crippen molar-refractivity contribution in [3.63, 3.8) is 0 Å². The number of fused-ring (bicyclic) bond motifs is 2. The molecule has 8 heterocycles. The molecule has 10 rings (SSSR count). The maximum atomic E-state index is 15.0. The van der Waals surface area contributed by atoms with Crippen molar-refractivity contribution in [1.29, 1.82) is 0 Å². The third-order valence-corrected chi connectivity index (χ3v) is 18.8. The number of carbonyl (C=O) groups excluding carboxylic acids is 2. The van der Waals surface area contributed by atoms with Gasteiger partial charge in [-0.2, -0.15) is 0 Å². The van der Waals surface area contributed by atoms with Gasteiger partial charge in [-0.05, 0) is 98.9 Å². The normalized spacial score (nSPS) is 36.5. The van der Waals surface area contributed by atoms with Gasteiger partial charge in [-0.15, -0.1) is 0 Å². The first-order valence-electron chi connectivity index (χ1n) is 32.0. The molecule has 18 N–H and O–H groups in total. The van der Waals surface area contributed by atoms with Crippen LogP contribution in [0.4, 0.5) is 8.78 Å². The van der Waals surface area contributed by atoms with Crippen LogP contribution in [0.1, 0.15) is 75.3 Å². The monoisotopic (exact) mass is 1340 g/mol. The molecule has 526 valence electrons. The summed E-state index contributed by atoms with van der Waals surface area (Å²) in [5, 5.41) is 168. The van der Waals surface area contributed by atoms with Crippen LogP contribution in [0.3, 0.4) is 0 Å². The largest absolute Gasteiger partial charge is 0.394 e. The van der Waals surface area contributed by atoms with Crippen LogP contribution in [0.15, 0.2) is 36.4 Å². The van der Waals surface area contributed by atoms with E-state index in [2.05, 4.69) is 9.97 Å². The molecule has 2 amide bonds. The van der Waals surface area contributed by atoms with Gasteiger partial charge in [0.1, 0.15) is 109 Å². The lowest BCUT2D eigenvalue weighted by molar-refractivity contribution is -0.359. The Morgan fingerprint density at radius 3 is 1.19 bits per heavy atom. The number of unbranched alkanes of at least 4 members (excludes halogenated alkanes) is 4. The van der Waals surface area contributed by atoms with Gasteiger partial charge in [0.05, 0.1) is 50.0 Å². The smallest absolute Gasteiger partial charge is 0.222 e. The van der Waals surface area contributed by atoms with E-state index >= 15 is 8.78 Å². The summed E-state index contributed by atoms with van der Waals surface area (Å²) in [7, 11) is 0. The summed E-state index contributed by atoms with van der Waals surface area (Å²) < 4.78 is 74.9. The van der Waals surface area contributed by atoms with Gasteiger partial charge in [0, 0.05) is 73.0 Å². The van der Waals surface area contributed by atoms with Gasteiger partial charge in [-0.3, -0.25) is 9.59 Å². The zero-order valence-electron chi connectivity index (χ0n) is 51.4. The molecule has 6 saturated heterocycles. The number of H-pyrrole nitrogens is 2. The average Bonchev–Trinajstić information content (AvgIpc) is 1.56. The Labute approximate surface area is 537 Å². The highest BCUT2D eigenvalue weighted by Crippen LogP contribution is 2.41. The lowest BCUT2D eigenvalue weighted by Gasteiger charge is -2.45. The second-order valence-corrected chi connectivity index (χ2v) is 25.3. The van der Waals surface area contributed by atoms with Crippen molar-refractivity contribution in [2.75, 3.05) is 52.7 Å². The van der Waals surface area contributed by atoms with Crippen molar-refractivity contribution in [3.8, 4) is 11.4 Å². The fourth-order valence-electron chi connectivity index (χ4n) is 13.7. The molecule has 6 aliphatic heterocycles. The number of hydrogen-bond donors (Lipinski definition) is 18. The molecule has 94 heavy (non-hydrogen) atoms. The standard InChI is InChI=1S/C62H88F2N4O26/c63-27-9-11-33-35(19-29-17-31(73)21-67(29)43(75)7-3-1-5-13-87-59-55(85)51(81)57(41(25-71)91-59)93-61-53(83)49(79)47(77)39(23-69)89-61)45(65-37(33)15-27)46-36(34-12-10-28(64)16-38(34)66-46)20-30-18-32(74)22-68(30)44(76)8-4-2-6-14-88-60-56(86)52(82)58(42(26-72)92-60)94-62-54(84)50(80)48(78)40(24-70)90-62/h9-12,15-16,29-32,39-42,47-62,65-66,69-74,77-86H,1-8,13-14,17-26H2/t29-,30-,31-,32-,39+,40+,41+,42+,47-,48-,49-,50-,51+,52+,53+,54+,55+,56+,57+,58+,59+,60+,61-,62-/m0/s1. The highest BCUT2D eigenvalue weighted by Gasteiger charge is 2.53. The topological polar surface area (TPSA) is 470 Å². The Morgan fingerprint density at radius 1 is 0.457 bits per heavy atom. The van der Waals surface area contributed by atoms with E-state index in [0.717, 1.165) is 0 Å². The van der Waals surface area contributed by atoms with Gasteiger partial charge in [0.2, 0.25) is 11.8 Å². The molecule has 32 heteroatoms. The number of nitrogens with one attached hydrogen (secondary N) is 2. The zero-order chi connectivity index (χ0) is 67.4. The fraction of sp³-hybridized carbons (Fsp3) is 0.710. The lowest BCUT2D eigenvalue weighted by Crippen LogP contribution is -2.64. The molecule has 6 fully saturated rings. The number of aromatic nitrogens is 2. The molecule has 2 aromatic carbocycles. The summed E-state index contributed by atoms with van der Waals surface area (Å²) in [4.78, 5) is 38.2. The van der Waals surface area contributed by atoms with Crippen LogP contribution in [-0.4, -0.2) is 313 Å². The molecule has 0 saturated carbocycles. The summed E-state index contributed by atoms with van der Waals surface area (Å²) in [6.45, 7) is -2.91. The molecular formula is C62H88F2N4O26. The number of hydrogen-bond acceptors (Lipinski definition) is 26. The molecule has 24 atom stereocenters. The lowest BCUT2D eigenvalue weighted by atomic mass is 9.95. The van der Waals surface area contributed by atoms with E-state index in [1.165, 1.54) is 24.3 Å². The molecule has 0 spiro atoms. The number of aliphatic hydroxyl groups excluding tert-OH is 16. The summed E-state index contributed by atoms with van der Waals surface area (Å²) >= 11 is 0. The number of β-amino-alcohol motifs (C(OH)–C–C–N with tert-alkyl or cyclic N) is 2. The van der Waals surface area contributed by atoms with Gasteiger partial charge in [-0.25, -0.2) is 8.78 Å². The Balaban J connectivity index is 0.738. The minimum absolute atomic E-state index is 0.0117. The van der Waals surface area contributed by atoms with E-state index in [9.17, 15) is 91.3 Å². The van der Waals surface area contributed by atoms with Crippen LogP contribution < -0.4 is 0 Å². The number of rotatable bonds is 27. The van der Waals surface area contributed by atoms with Crippen LogP contribution in [0.2, 0.25) is 0 Å². The number of likely N-dealkylation sites (tertiary alicyclic amines) is 2. The highest BCUT2D eigenvalue weighted by atomic mass is 19.1.